The van der Waals surface area contributed by atoms with Crippen molar-refractivity contribution in [1.82, 2.24) is 4.31 Å². The second-order valence-electron chi connectivity index (χ2n) is 8.24. The lowest BCUT2D eigenvalue weighted by molar-refractivity contribution is -0.384. The van der Waals surface area contributed by atoms with Gasteiger partial charge in [0, 0.05) is 32.2 Å². The first-order chi connectivity index (χ1) is 14.0. The van der Waals surface area contributed by atoms with Crippen LogP contribution in [0.25, 0.3) is 0 Å². The number of rotatable bonds is 4. The molecule has 0 atom stereocenters. The highest BCUT2D eigenvalue weighted by Crippen LogP contribution is 2.31. The third kappa shape index (κ3) is 4.30. The van der Waals surface area contributed by atoms with Crippen LogP contribution >= 0.6 is 0 Å². The van der Waals surface area contributed by atoms with Gasteiger partial charge < -0.3 is 4.90 Å². The SMILES string of the molecule is CC(C)(C)c1ccc(S(=O)(=O)N2CCN(c3ccc(C#N)cc3[N+](=O)[O-])CC2)cc1. The lowest BCUT2D eigenvalue weighted by atomic mass is 9.87. The highest BCUT2D eigenvalue weighted by Gasteiger charge is 2.31. The maximum Gasteiger partial charge on any atom is 0.293 e. The van der Waals surface area contributed by atoms with Crippen LogP contribution in [0.15, 0.2) is 47.4 Å². The Morgan fingerprint density at radius 2 is 1.63 bits per heavy atom. The highest BCUT2D eigenvalue weighted by molar-refractivity contribution is 7.89. The fraction of sp³-hybridized carbons (Fsp3) is 0.381. The number of hydrogen-bond acceptors (Lipinski definition) is 6. The molecule has 0 saturated carbocycles. The summed E-state index contributed by atoms with van der Waals surface area (Å²) in [6, 6.07) is 13.2. The number of nitro benzene ring substituents is 1. The summed E-state index contributed by atoms with van der Waals surface area (Å²) in [5.41, 5.74) is 1.45. The Labute approximate surface area is 176 Å². The smallest absolute Gasteiger partial charge is 0.293 e. The van der Waals surface area contributed by atoms with E-state index in [1.165, 1.54) is 16.4 Å². The Bertz CT molecular complexity index is 1090. The van der Waals surface area contributed by atoms with Crippen LogP contribution in [0.3, 0.4) is 0 Å². The molecule has 30 heavy (non-hydrogen) atoms. The fourth-order valence-corrected chi connectivity index (χ4v) is 4.87. The van der Waals surface area contributed by atoms with Crippen LogP contribution in [-0.4, -0.2) is 43.8 Å². The van der Waals surface area contributed by atoms with Gasteiger partial charge in [-0.25, -0.2) is 8.42 Å². The van der Waals surface area contributed by atoms with Gasteiger partial charge in [0.05, 0.1) is 21.5 Å². The molecule has 1 aliphatic heterocycles. The van der Waals surface area contributed by atoms with Gasteiger partial charge in [-0.1, -0.05) is 32.9 Å². The first-order valence-electron chi connectivity index (χ1n) is 9.58. The van der Waals surface area contributed by atoms with Crippen molar-refractivity contribution in [3.8, 4) is 6.07 Å². The number of hydrogen-bond donors (Lipinski definition) is 0. The Kier molecular flexibility index (Phi) is 5.83. The summed E-state index contributed by atoms with van der Waals surface area (Å²) in [4.78, 5) is 12.9. The van der Waals surface area contributed by atoms with Crippen LogP contribution in [0.4, 0.5) is 11.4 Å². The van der Waals surface area contributed by atoms with Crippen molar-refractivity contribution in [2.45, 2.75) is 31.1 Å². The summed E-state index contributed by atoms with van der Waals surface area (Å²) in [5.74, 6) is 0. The normalized spacial score (nSPS) is 15.6. The van der Waals surface area contributed by atoms with Gasteiger partial charge in [-0.05, 0) is 35.2 Å². The van der Waals surface area contributed by atoms with Crippen LogP contribution in [0.1, 0.15) is 31.9 Å². The molecular weight excluding hydrogens is 404 g/mol. The molecule has 8 nitrogen and oxygen atoms in total. The first kappa shape index (κ1) is 21.7. The van der Waals surface area contributed by atoms with Crippen LogP contribution in [0.2, 0.25) is 0 Å². The maximum atomic E-state index is 13.0. The molecule has 0 radical (unpaired) electrons. The molecule has 1 heterocycles. The lowest BCUT2D eigenvalue weighted by Crippen LogP contribution is -2.48. The standard InChI is InChI=1S/C21H24N4O4S/c1-21(2,3)17-5-7-18(8-6-17)30(28,29)24-12-10-23(11-13-24)19-9-4-16(15-22)14-20(19)25(26)27/h4-9,14H,10-13H2,1-3H3. The number of nitro groups is 1. The maximum absolute atomic E-state index is 13.0. The Morgan fingerprint density at radius 1 is 1.03 bits per heavy atom. The highest BCUT2D eigenvalue weighted by atomic mass is 32.2. The molecule has 158 valence electrons. The summed E-state index contributed by atoms with van der Waals surface area (Å²) < 4.78 is 27.4. The molecule has 3 rings (SSSR count). The molecule has 0 unspecified atom stereocenters. The average molecular weight is 429 g/mol. The number of sulfonamides is 1. The van der Waals surface area contributed by atoms with E-state index in [9.17, 15) is 18.5 Å². The van der Waals surface area contributed by atoms with E-state index in [0.717, 1.165) is 5.56 Å². The molecule has 0 amide bonds. The summed E-state index contributed by atoms with van der Waals surface area (Å²) >= 11 is 0. The molecular formula is C21H24N4O4S. The second kappa shape index (κ2) is 8.05. The second-order valence-corrected chi connectivity index (χ2v) is 10.2. The average Bonchev–Trinajstić information content (AvgIpc) is 2.72. The van der Waals surface area contributed by atoms with Gasteiger partial charge in [0.1, 0.15) is 5.69 Å². The van der Waals surface area contributed by atoms with Crippen molar-refractivity contribution in [2.75, 3.05) is 31.1 Å². The zero-order valence-electron chi connectivity index (χ0n) is 17.2. The minimum absolute atomic E-state index is 0.0657. The molecule has 0 N–H and O–H groups in total. The number of piperazine rings is 1. The van der Waals surface area contributed by atoms with Crippen molar-refractivity contribution in [2.24, 2.45) is 0 Å². The molecule has 1 aliphatic rings. The van der Waals surface area contributed by atoms with E-state index in [0.29, 0.717) is 18.8 Å². The van der Waals surface area contributed by atoms with Crippen molar-refractivity contribution < 1.29 is 13.3 Å². The Hall–Kier alpha value is -2.96. The molecule has 2 aromatic carbocycles. The van der Waals surface area contributed by atoms with Crippen molar-refractivity contribution in [1.29, 1.82) is 5.26 Å². The summed E-state index contributed by atoms with van der Waals surface area (Å²) in [5, 5.41) is 20.4. The van der Waals surface area contributed by atoms with E-state index >= 15 is 0 Å². The third-order valence-corrected chi connectivity index (χ3v) is 7.15. The molecule has 0 aliphatic carbocycles. The number of anilines is 1. The number of nitrogens with zero attached hydrogens (tertiary/aromatic N) is 4. The van der Waals surface area contributed by atoms with Crippen LogP contribution in [-0.2, 0) is 15.4 Å². The van der Waals surface area contributed by atoms with E-state index in [2.05, 4.69) is 20.8 Å². The molecule has 0 spiro atoms. The Balaban J connectivity index is 1.77. The zero-order chi connectivity index (χ0) is 22.1. The predicted octanol–water partition coefficient (Wildman–Crippen LogP) is 3.27. The van der Waals surface area contributed by atoms with E-state index in [4.69, 9.17) is 5.26 Å². The monoisotopic (exact) mass is 428 g/mol. The molecule has 1 fully saturated rings. The quantitative estimate of drug-likeness (QED) is 0.546. The molecule has 2 aromatic rings. The van der Waals surface area contributed by atoms with E-state index in [-0.39, 0.29) is 34.7 Å². The molecule has 1 saturated heterocycles. The van der Waals surface area contributed by atoms with E-state index < -0.39 is 14.9 Å². The van der Waals surface area contributed by atoms with Gasteiger partial charge in [0.15, 0.2) is 0 Å². The van der Waals surface area contributed by atoms with Crippen LogP contribution < -0.4 is 4.90 Å². The Morgan fingerprint density at radius 3 is 2.13 bits per heavy atom. The van der Waals surface area contributed by atoms with E-state index in [1.54, 1.807) is 23.1 Å². The summed E-state index contributed by atoms with van der Waals surface area (Å²) in [6.45, 7) is 7.30. The van der Waals surface area contributed by atoms with Gasteiger partial charge in [0.2, 0.25) is 10.0 Å². The van der Waals surface area contributed by atoms with Gasteiger partial charge in [-0.2, -0.15) is 9.57 Å². The van der Waals surface area contributed by atoms with Gasteiger partial charge in [0.25, 0.3) is 5.69 Å². The topological polar surface area (TPSA) is 108 Å². The van der Waals surface area contributed by atoms with Crippen molar-refractivity contribution in [3.05, 3.63) is 63.7 Å². The van der Waals surface area contributed by atoms with Crippen molar-refractivity contribution in [3.63, 3.8) is 0 Å². The fourth-order valence-electron chi connectivity index (χ4n) is 3.45. The van der Waals surface area contributed by atoms with Crippen molar-refractivity contribution >= 4 is 21.4 Å². The number of nitriles is 1. The summed E-state index contributed by atoms with van der Waals surface area (Å²) in [7, 11) is -3.64. The minimum atomic E-state index is -3.64. The van der Waals surface area contributed by atoms with E-state index in [1.807, 2.05) is 18.2 Å². The minimum Gasteiger partial charge on any atom is -0.363 e. The lowest BCUT2D eigenvalue weighted by Gasteiger charge is -2.35. The van der Waals surface area contributed by atoms with Crippen LogP contribution in [0, 0.1) is 21.4 Å². The zero-order valence-corrected chi connectivity index (χ0v) is 18.0. The molecule has 0 bridgehead atoms. The summed E-state index contributed by atoms with van der Waals surface area (Å²) in [6.07, 6.45) is 0. The van der Waals surface area contributed by atoms with Crippen LogP contribution in [0.5, 0.6) is 0 Å². The largest absolute Gasteiger partial charge is 0.363 e. The molecule has 9 heteroatoms. The number of benzene rings is 2. The van der Waals surface area contributed by atoms with Gasteiger partial charge in [-0.3, -0.25) is 10.1 Å². The predicted molar refractivity (Wildman–Crippen MR) is 114 cm³/mol. The first-order valence-corrected chi connectivity index (χ1v) is 11.0. The van der Waals surface area contributed by atoms with Gasteiger partial charge >= 0.3 is 0 Å². The third-order valence-electron chi connectivity index (χ3n) is 5.24. The van der Waals surface area contributed by atoms with Gasteiger partial charge in [-0.15, -0.1) is 0 Å². The molecule has 0 aromatic heterocycles.